The van der Waals surface area contributed by atoms with Crippen LogP contribution < -0.4 is 9.98 Å². The highest BCUT2D eigenvalue weighted by atomic mass is 31.2. The molecule has 0 saturated carbocycles. The standard InChI is InChI=1S/C7H16B2O4P.C7H15BNO4P/c1-11-4-6-5(3-7(8)12-6)13-14(2,9)10;1-12-4-6-5(3-7(8)13-6)9-14(2,10)11/h5-7H,3-4H2,1-2,9H3;5-7H,3-4H2,1-2H3,(H2,9,10,11)/q-1;/p-1/t5-,6-,7-,14?;5-,6-,7-/m11/s1. The Morgan fingerprint density at radius 2 is 1.57 bits per heavy atom. The Morgan fingerprint density at radius 1 is 1.07 bits per heavy atom. The molecule has 0 aromatic heterocycles. The van der Waals surface area contributed by atoms with Gasteiger partial charge in [-0.2, -0.15) is 0 Å². The number of hydrogen-bond donors (Lipinski definition) is 1. The molecule has 0 amide bonds. The molecule has 28 heavy (non-hydrogen) atoms. The Labute approximate surface area is 171 Å². The van der Waals surface area contributed by atoms with Gasteiger partial charge in [-0.25, -0.2) is 0 Å². The molecule has 2 heterocycles. The highest BCUT2D eigenvalue weighted by molar-refractivity contribution is 7.82. The number of hydrogen-bond acceptors (Lipinski definition) is 8. The van der Waals surface area contributed by atoms with Crippen molar-refractivity contribution in [3.8, 4) is 0 Å². The van der Waals surface area contributed by atoms with Gasteiger partial charge in [0.25, 0.3) is 0 Å². The van der Waals surface area contributed by atoms with Gasteiger partial charge in [0.1, 0.15) is 21.8 Å². The summed E-state index contributed by atoms with van der Waals surface area (Å²) in [5.74, 6) is 0. The maximum Gasteiger partial charge on any atom is 0.109 e. The van der Waals surface area contributed by atoms with Crippen molar-refractivity contribution in [2.24, 2.45) is 0 Å². The first-order chi connectivity index (χ1) is 12.8. The van der Waals surface area contributed by atoms with Gasteiger partial charge in [-0.05, 0) is 26.2 Å². The van der Waals surface area contributed by atoms with Gasteiger partial charge in [0, 0.05) is 39.5 Å². The molecule has 9 nitrogen and oxygen atoms in total. The Hall–Kier alpha value is 0.375. The minimum Gasteiger partial charge on any atom is -0.788 e. The normalized spacial score (nSPS) is 36.9. The van der Waals surface area contributed by atoms with Crippen molar-refractivity contribution in [2.75, 3.05) is 40.8 Å². The Balaban J connectivity index is 0.000000280. The third-order valence-electron chi connectivity index (χ3n) is 3.86. The van der Waals surface area contributed by atoms with Crippen LogP contribution in [0.2, 0.25) is 0 Å². The second-order valence-electron chi connectivity index (χ2n) is 6.47. The summed E-state index contributed by atoms with van der Waals surface area (Å²) >= 11 is 0. The third kappa shape index (κ3) is 10.4. The van der Waals surface area contributed by atoms with Gasteiger partial charge in [-0.1, -0.05) is 0 Å². The first-order valence-corrected chi connectivity index (χ1v) is 12.2. The van der Waals surface area contributed by atoms with Crippen molar-refractivity contribution in [2.45, 2.75) is 49.2 Å². The molecule has 2 unspecified atom stereocenters. The molecule has 0 aromatic rings. The molecule has 2 aliphatic heterocycles. The summed E-state index contributed by atoms with van der Waals surface area (Å²) < 4.78 is 48.7. The fourth-order valence-corrected chi connectivity index (χ4v) is 4.37. The van der Waals surface area contributed by atoms with Gasteiger partial charge >= 0.3 is 0 Å². The topological polar surface area (TPSA) is 115 Å². The average molecular weight is 435 g/mol. The highest BCUT2D eigenvalue weighted by Gasteiger charge is 2.35. The smallest absolute Gasteiger partial charge is 0.109 e. The van der Waals surface area contributed by atoms with Crippen molar-refractivity contribution in [3.63, 3.8) is 0 Å². The second kappa shape index (κ2) is 11.7. The maximum absolute atomic E-state index is 11.6. The molecule has 0 spiro atoms. The van der Waals surface area contributed by atoms with E-state index >= 15 is 0 Å². The maximum atomic E-state index is 11.6. The first-order valence-electron chi connectivity index (χ1n) is 8.49. The highest BCUT2D eigenvalue weighted by Crippen LogP contribution is 2.41. The molecule has 2 rings (SSSR count). The lowest BCUT2D eigenvalue weighted by molar-refractivity contribution is -0.177. The lowest BCUT2D eigenvalue weighted by atomic mass is 9.95. The number of nitrogens with one attached hydrogen (secondary N) is 1. The summed E-state index contributed by atoms with van der Waals surface area (Å²) in [5, 5.41) is 2.50. The minimum atomic E-state index is -3.49. The zero-order valence-corrected chi connectivity index (χ0v) is 17.9. The molecule has 2 fully saturated rings. The summed E-state index contributed by atoms with van der Waals surface area (Å²) in [6.07, 6.45) is 0.475. The van der Waals surface area contributed by atoms with Crippen molar-refractivity contribution < 1.29 is 37.5 Å². The number of methoxy groups -OCH3 is 2. The molecule has 14 heteroatoms. The van der Waals surface area contributed by atoms with Crippen LogP contribution in [0.25, 0.3) is 0 Å². The van der Waals surface area contributed by atoms with Crippen LogP contribution in [0.4, 0.5) is 0 Å². The van der Waals surface area contributed by atoms with Gasteiger partial charge in [-0.15, -0.1) is 0 Å². The SMILES string of the molecule is [B][C@H]1C[C@@H](NP(C)(=O)[O-])[C@@H](COC)O1.[B][C@H]1C[C@@H](OP([BH3-])(C)=O)[C@@H](COC)O1. The lowest BCUT2D eigenvalue weighted by Crippen LogP contribution is -2.38. The van der Waals surface area contributed by atoms with Gasteiger partial charge in [0.15, 0.2) is 0 Å². The zero-order valence-electron chi connectivity index (χ0n) is 16.1. The summed E-state index contributed by atoms with van der Waals surface area (Å²) in [6, 6.07) is -1.01. The second-order valence-corrected chi connectivity index (χ2v) is 9.51. The Bertz CT molecular complexity index is 515. The summed E-state index contributed by atoms with van der Waals surface area (Å²) in [4.78, 5) is 11.0. The van der Waals surface area contributed by atoms with E-state index in [-0.39, 0.29) is 37.9 Å². The monoisotopic (exact) mass is 435 g/mol. The molecule has 4 radical (unpaired) electrons. The van der Waals surface area contributed by atoms with Crippen LogP contribution in [0.15, 0.2) is 0 Å². The molecule has 2 aliphatic rings. The Morgan fingerprint density at radius 3 is 2.07 bits per heavy atom. The summed E-state index contributed by atoms with van der Waals surface area (Å²) in [7, 11) is 8.31. The van der Waals surface area contributed by atoms with Crippen LogP contribution >= 0.6 is 14.8 Å². The van der Waals surface area contributed by atoms with Crippen molar-refractivity contribution in [3.05, 3.63) is 0 Å². The van der Waals surface area contributed by atoms with Crippen LogP contribution in [0.5, 0.6) is 0 Å². The first kappa shape index (κ1) is 26.4. The van der Waals surface area contributed by atoms with E-state index in [4.69, 9.17) is 39.2 Å². The van der Waals surface area contributed by atoms with Crippen LogP contribution in [0.1, 0.15) is 12.8 Å². The molecule has 1 N–H and O–H groups in total. The van der Waals surface area contributed by atoms with E-state index in [9.17, 15) is 14.0 Å². The van der Waals surface area contributed by atoms with Crippen molar-refractivity contribution >= 4 is 38.0 Å². The number of ether oxygens (including phenoxy) is 4. The van der Waals surface area contributed by atoms with Gasteiger partial charge in [0.2, 0.25) is 0 Å². The average Bonchev–Trinajstić information content (AvgIpc) is 3.00. The molecule has 0 aliphatic carbocycles. The fraction of sp³-hybridized carbons (Fsp3) is 1.00. The van der Waals surface area contributed by atoms with E-state index in [2.05, 4.69) is 5.09 Å². The summed E-state index contributed by atoms with van der Waals surface area (Å²) in [5.41, 5.74) is 0. The van der Waals surface area contributed by atoms with Crippen LogP contribution in [-0.4, -0.2) is 100 Å². The Kier molecular flexibility index (Phi) is 11.0. The van der Waals surface area contributed by atoms with Gasteiger partial charge in [-0.3, -0.25) is 5.09 Å². The molecule has 160 valence electrons. The van der Waals surface area contributed by atoms with Crippen LogP contribution in [0, 0.1) is 0 Å². The van der Waals surface area contributed by atoms with E-state index in [0.717, 1.165) is 6.66 Å². The summed E-state index contributed by atoms with van der Waals surface area (Å²) in [6.45, 7) is 3.62. The lowest BCUT2D eigenvalue weighted by Gasteiger charge is -2.26. The van der Waals surface area contributed by atoms with E-state index in [1.165, 1.54) is 7.11 Å². The van der Waals surface area contributed by atoms with E-state index in [1.807, 2.05) is 0 Å². The van der Waals surface area contributed by atoms with Crippen LogP contribution in [-0.2, 0) is 32.6 Å². The van der Waals surface area contributed by atoms with Gasteiger partial charge < -0.3 is 37.5 Å². The van der Waals surface area contributed by atoms with E-state index < -0.39 is 20.8 Å². The van der Waals surface area contributed by atoms with E-state index in [1.54, 1.807) is 13.8 Å². The van der Waals surface area contributed by atoms with Crippen LogP contribution in [0.3, 0.4) is 0 Å². The minimum absolute atomic E-state index is 0.154. The zero-order chi connectivity index (χ0) is 21.5. The predicted molar refractivity (Wildman–Crippen MR) is 111 cm³/mol. The molecular weight excluding hydrogens is 405 g/mol. The van der Waals surface area contributed by atoms with E-state index in [0.29, 0.717) is 26.1 Å². The third-order valence-corrected chi connectivity index (χ3v) is 5.23. The van der Waals surface area contributed by atoms with Crippen molar-refractivity contribution in [1.29, 1.82) is 0 Å². The van der Waals surface area contributed by atoms with Gasteiger partial charge in [0.05, 0.1) is 40.5 Å². The largest absolute Gasteiger partial charge is 0.788 e. The molecule has 0 bridgehead atoms. The molecule has 0 aromatic carbocycles. The molecule has 8 atom stereocenters. The fourth-order valence-electron chi connectivity index (χ4n) is 2.89. The predicted octanol–water partition coefficient (Wildman–Crippen LogP) is -1.45. The molecule has 2 saturated heterocycles. The number of rotatable bonds is 8. The quantitative estimate of drug-likeness (QED) is 0.362. The van der Waals surface area contributed by atoms with Crippen molar-refractivity contribution in [1.82, 2.24) is 5.09 Å². The molecular formula is C14H30B3NO8P2-2.